The van der Waals surface area contributed by atoms with Gasteiger partial charge in [-0.15, -0.1) is 0 Å². The minimum absolute atomic E-state index is 0.148. The van der Waals surface area contributed by atoms with Crippen LogP contribution in [0.15, 0.2) is 36.4 Å². The molecule has 0 saturated carbocycles. The molecule has 6 rings (SSSR count). The minimum atomic E-state index is 0.148. The molecule has 8 nitrogen and oxygen atoms in total. The van der Waals surface area contributed by atoms with Crippen LogP contribution in [0.2, 0.25) is 0 Å². The maximum absolute atomic E-state index is 9.27. The van der Waals surface area contributed by atoms with E-state index >= 15 is 0 Å². The topological polar surface area (TPSA) is 80.6 Å². The number of fused-ring (bicyclic) bond motifs is 2. The van der Waals surface area contributed by atoms with Crippen LogP contribution in [0.25, 0.3) is 10.8 Å². The summed E-state index contributed by atoms with van der Waals surface area (Å²) in [5.41, 5.74) is 4.80. The summed E-state index contributed by atoms with van der Waals surface area (Å²) in [7, 11) is 2.17. The van der Waals surface area contributed by atoms with Gasteiger partial charge in [0.15, 0.2) is 0 Å². The number of likely N-dealkylation sites (tertiary alicyclic amines) is 1. The van der Waals surface area contributed by atoms with Crippen molar-refractivity contribution in [2.24, 2.45) is 0 Å². The summed E-state index contributed by atoms with van der Waals surface area (Å²) < 4.78 is 6.28. The summed E-state index contributed by atoms with van der Waals surface area (Å²) in [5, 5.41) is 15.3. The average molecular weight is 512 g/mol. The lowest BCUT2D eigenvalue weighted by atomic mass is 10.0. The van der Waals surface area contributed by atoms with Crippen LogP contribution in [0.5, 0.6) is 6.01 Å². The standard InChI is InChI=1S/C30H37N7O/c1-21-8-9-22-5-3-7-28(26(22)17-21)36-15-11-25-27(19-36)33-30(38-20-24-6-4-14-35(24)2)34-29(25)37-16-13-32-23(18-37)10-12-31/h3,5,7-9,17,23-24,32H,4,6,10-11,13-16,18-20H2,1-2H3/t23?,24-/m0/s1. The first-order valence-electron chi connectivity index (χ1n) is 13.9. The lowest BCUT2D eigenvalue weighted by molar-refractivity contribution is 0.187. The third kappa shape index (κ3) is 5.01. The van der Waals surface area contributed by atoms with E-state index in [-0.39, 0.29) is 6.04 Å². The van der Waals surface area contributed by atoms with Gasteiger partial charge in [0.1, 0.15) is 12.4 Å². The molecule has 1 unspecified atom stereocenters. The molecule has 3 aliphatic rings. The van der Waals surface area contributed by atoms with E-state index < -0.39 is 0 Å². The lowest BCUT2D eigenvalue weighted by Crippen LogP contribution is -2.51. The first kappa shape index (κ1) is 24.9. The number of hydrogen-bond acceptors (Lipinski definition) is 8. The molecule has 0 aliphatic carbocycles. The number of nitrogens with one attached hydrogen (secondary N) is 1. The fourth-order valence-corrected chi connectivity index (χ4v) is 6.19. The molecular formula is C30H37N7O. The molecule has 38 heavy (non-hydrogen) atoms. The first-order chi connectivity index (χ1) is 18.6. The molecule has 0 amide bonds. The molecule has 0 spiro atoms. The van der Waals surface area contributed by atoms with E-state index in [1.807, 2.05) is 0 Å². The zero-order valence-corrected chi connectivity index (χ0v) is 22.5. The van der Waals surface area contributed by atoms with Crippen molar-refractivity contribution in [1.82, 2.24) is 20.2 Å². The third-order valence-electron chi connectivity index (χ3n) is 8.35. The molecule has 0 radical (unpaired) electrons. The van der Waals surface area contributed by atoms with E-state index in [1.54, 1.807) is 0 Å². The highest BCUT2D eigenvalue weighted by Crippen LogP contribution is 2.35. The van der Waals surface area contributed by atoms with Gasteiger partial charge in [0, 0.05) is 54.9 Å². The van der Waals surface area contributed by atoms with Crippen LogP contribution < -0.4 is 19.9 Å². The summed E-state index contributed by atoms with van der Waals surface area (Å²) in [6.45, 7) is 8.00. The van der Waals surface area contributed by atoms with Crippen LogP contribution in [-0.2, 0) is 13.0 Å². The number of anilines is 2. The molecule has 3 aliphatic heterocycles. The van der Waals surface area contributed by atoms with E-state index in [0.29, 0.717) is 25.1 Å². The fourth-order valence-electron chi connectivity index (χ4n) is 6.19. The van der Waals surface area contributed by atoms with Gasteiger partial charge in [-0.2, -0.15) is 15.2 Å². The number of aryl methyl sites for hydroxylation is 1. The van der Waals surface area contributed by atoms with Crippen LogP contribution in [-0.4, -0.2) is 73.3 Å². The SMILES string of the molecule is Cc1ccc2cccc(N3CCc4c(nc(OC[C@@H]5CCCN5C)nc4N4CCNC(CC#N)C4)C3)c2c1. The van der Waals surface area contributed by atoms with Crippen molar-refractivity contribution in [2.45, 2.75) is 51.2 Å². The van der Waals surface area contributed by atoms with Gasteiger partial charge < -0.3 is 24.8 Å². The van der Waals surface area contributed by atoms with Crippen molar-refractivity contribution in [3.05, 3.63) is 53.2 Å². The molecule has 3 aromatic rings. The monoisotopic (exact) mass is 511 g/mol. The summed E-state index contributed by atoms with van der Waals surface area (Å²) in [4.78, 5) is 17.1. The van der Waals surface area contributed by atoms with Crippen LogP contribution in [0, 0.1) is 18.3 Å². The molecule has 2 aromatic carbocycles. The first-order valence-corrected chi connectivity index (χ1v) is 13.9. The Bertz CT molecular complexity index is 1350. The highest BCUT2D eigenvalue weighted by Gasteiger charge is 2.30. The number of nitriles is 1. The summed E-state index contributed by atoms with van der Waals surface area (Å²) >= 11 is 0. The normalized spacial score (nSPS) is 21.9. The third-order valence-corrected chi connectivity index (χ3v) is 8.35. The smallest absolute Gasteiger partial charge is 0.318 e. The molecule has 1 aromatic heterocycles. The number of benzene rings is 2. The Morgan fingerprint density at radius 1 is 1.13 bits per heavy atom. The van der Waals surface area contributed by atoms with Crippen molar-refractivity contribution in [2.75, 3.05) is 56.2 Å². The second-order valence-corrected chi connectivity index (χ2v) is 11.0. The highest BCUT2D eigenvalue weighted by atomic mass is 16.5. The molecule has 1 N–H and O–H groups in total. The predicted molar refractivity (Wildman–Crippen MR) is 151 cm³/mol. The maximum atomic E-state index is 9.27. The number of piperazine rings is 1. The van der Waals surface area contributed by atoms with Crippen LogP contribution >= 0.6 is 0 Å². The van der Waals surface area contributed by atoms with Gasteiger partial charge in [0.2, 0.25) is 0 Å². The van der Waals surface area contributed by atoms with Crippen molar-refractivity contribution in [3.8, 4) is 12.1 Å². The van der Waals surface area contributed by atoms with Gasteiger partial charge in [-0.1, -0.05) is 29.8 Å². The Balaban J connectivity index is 1.33. The minimum Gasteiger partial charge on any atom is -0.462 e. The van der Waals surface area contributed by atoms with Gasteiger partial charge >= 0.3 is 6.01 Å². The second-order valence-electron chi connectivity index (χ2n) is 11.0. The van der Waals surface area contributed by atoms with Crippen LogP contribution in [0.3, 0.4) is 0 Å². The zero-order valence-electron chi connectivity index (χ0n) is 22.5. The largest absolute Gasteiger partial charge is 0.462 e. The van der Waals surface area contributed by atoms with Gasteiger partial charge in [-0.05, 0) is 57.3 Å². The lowest BCUT2D eigenvalue weighted by Gasteiger charge is -2.37. The zero-order chi connectivity index (χ0) is 26.1. The quantitative estimate of drug-likeness (QED) is 0.537. The Morgan fingerprint density at radius 3 is 2.89 bits per heavy atom. The van der Waals surface area contributed by atoms with Crippen LogP contribution in [0.4, 0.5) is 11.5 Å². The van der Waals surface area contributed by atoms with E-state index in [0.717, 1.165) is 63.6 Å². The molecule has 8 heteroatoms. The number of ether oxygens (including phenoxy) is 1. The molecule has 2 atom stereocenters. The van der Waals surface area contributed by atoms with E-state index in [1.165, 1.54) is 34.0 Å². The number of likely N-dealkylation sites (N-methyl/N-ethyl adjacent to an activating group) is 1. The van der Waals surface area contributed by atoms with E-state index in [2.05, 4.69) is 76.5 Å². The maximum Gasteiger partial charge on any atom is 0.318 e. The fraction of sp³-hybridized carbons (Fsp3) is 0.500. The number of rotatable bonds is 6. The Hall–Kier alpha value is -3.41. The predicted octanol–water partition coefficient (Wildman–Crippen LogP) is 3.67. The van der Waals surface area contributed by atoms with Gasteiger partial charge in [-0.25, -0.2) is 0 Å². The highest BCUT2D eigenvalue weighted by molar-refractivity contribution is 5.95. The van der Waals surface area contributed by atoms with Crippen LogP contribution in [0.1, 0.15) is 36.1 Å². The van der Waals surface area contributed by atoms with Crippen molar-refractivity contribution < 1.29 is 4.74 Å². The Morgan fingerprint density at radius 2 is 2.05 bits per heavy atom. The number of aromatic nitrogens is 2. The van der Waals surface area contributed by atoms with Crippen molar-refractivity contribution >= 4 is 22.3 Å². The summed E-state index contributed by atoms with van der Waals surface area (Å²) in [5.74, 6) is 0.989. The Labute approximate surface area is 225 Å². The van der Waals surface area contributed by atoms with Crippen molar-refractivity contribution in [1.29, 1.82) is 5.26 Å². The molecule has 198 valence electrons. The molecular weight excluding hydrogens is 474 g/mol. The summed E-state index contributed by atoms with van der Waals surface area (Å²) in [6.07, 6.45) is 3.73. The molecule has 2 saturated heterocycles. The molecule has 2 fully saturated rings. The molecule has 0 bridgehead atoms. The van der Waals surface area contributed by atoms with Crippen molar-refractivity contribution in [3.63, 3.8) is 0 Å². The number of hydrogen-bond donors (Lipinski definition) is 1. The summed E-state index contributed by atoms with van der Waals surface area (Å²) in [6, 6.07) is 16.6. The van der Waals surface area contributed by atoms with E-state index in [9.17, 15) is 5.26 Å². The second kappa shape index (κ2) is 10.8. The van der Waals surface area contributed by atoms with Gasteiger partial charge in [0.05, 0.1) is 24.7 Å². The average Bonchev–Trinajstić information content (AvgIpc) is 3.35. The number of nitrogens with zero attached hydrogens (tertiary/aromatic N) is 6. The van der Waals surface area contributed by atoms with Gasteiger partial charge in [0.25, 0.3) is 0 Å². The van der Waals surface area contributed by atoms with E-state index in [4.69, 9.17) is 14.7 Å². The Kier molecular flexibility index (Phi) is 7.05. The molecule has 4 heterocycles. The van der Waals surface area contributed by atoms with Gasteiger partial charge in [-0.3, -0.25) is 0 Å².